The van der Waals surface area contributed by atoms with Crippen LogP contribution in [0.15, 0.2) is 58.7 Å². The third-order valence-corrected chi connectivity index (χ3v) is 7.98. The largest absolute Gasteiger partial charge is 0.442 e. The molecule has 42 heavy (non-hydrogen) atoms. The van der Waals surface area contributed by atoms with E-state index in [1.165, 1.54) is 23.5 Å². The Bertz CT molecular complexity index is 1280. The normalized spacial score (nSPS) is 20.5. The van der Waals surface area contributed by atoms with Crippen LogP contribution in [-0.4, -0.2) is 92.3 Å². The number of hydrogen-bond donors (Lipinski definition) is 3. The topological polar surface area (TPSA) is 134 Å². The third-order valence-electron chi connectivity index (χ3n) is 7.98. The van der Waals surface area contributed by atoms with Gasteiger partial charge in [-0.05, 0) is 28.9 Å². The lowest BCUT2D eigenvalue weighted by molar-refractivity contribution is -0.697. The van der Waals surface area contributed by atoms with Crippen molar-refractivity contribution in [1.82, 2.24) is 15.1 Å². The van der Waals surface area contributed by atoms with Crippen molar-refractivity contribution < 1.29 is 24.1 Å². The Kier molecular flexibility index (Phi) is 9.59. The molecule has 3 heterocycles. The van der Waals surface area contributed by atoms with Crippen molar-refractivity contribution in [3.05, 3.63) is 59.9 Å². The van der Waals surface area contributed by atoms with Gasteiger partial charge >= 0.3 is 6.09 Å². The molecule has 13 heteroatoms. The van der Waals surface area contributed by atoms with E-state index in [-0.39, 0.29) is 25.0 Å². The van der Waals surface area contributed by atoms with Crippen molar-refractivity contribution in [2.45, 2.75) is 38.5 Å². The molecule has 0 aliphatic carbocycles. The van der Waals surface area contributed by atoms with Crippen molar-refractivity contribution in [3.63, 3.8) is 0 Å². The molecule has 0 aromatic heterocycles. The number of anilines is 2. The molecule has 1 atom stereocenters. The highest BCUT2D eigenvalue weighted by atomic mass is 19.1. The van der Waals surface area contributed by atoms with E-state index >= 15 is 4.39 Å². The van der Waals surface area contributed by atoms with E-state index in [9.17, 15) is 9.59 Å². The quantitative estimate of drug-likeness (QED) is 0.144. The summed E-state index contributed by atoms with van der Waals surface area (Å²) in [4.78, 5) is 31.3. The van der Waals surface area contributed by atoms with Gasteiger partial charge in [-0.3, -0.25) is 14.6 Å². The molecule has 0 spiro atoms. The number of benzene rings is 2. The van der Waals surface area contributed by atoms with Crippen molar-refractivity contribution in [3.8, 4) is 0 Å². The van der Waals surface area contributed by atoms with E-state index in [2.05, 4.69) is 49.6 Å². The molecule has 2 amide bonds. The number of amides is 2. The lowest BCUT2D eigenvalue weighted by atomic mass is 10.0. The van der Waals surface area contributed by atoms with E-state index in [0.717, 1.165) is 45.6 Å². The highest BCUT2D eigenvalue weighted by Gasteiger charge is 2.33. The van der Waals surface area contributed by atoms with Crippen molar-refractivity contribution in [1.29, 1.82) is 5.53 Å². The zero-order chi connectivity index (χ0) is 29.5. The number of ether oxygens (including phenoxy) is 1. The summed E-state index contributed by atoms with van der Waals surface area (Å²) < 4.78 is 20.5. The maximum Gasteiger partial charge on any atom is 0.414 e. The second kappa shape index (κ2) is 13.7. The monoisotopic (exact) mass is 580 g/mol. The smallest absolute Gasteiger partial charge is 0.414 e. The van der Waals surface area contributed by atoms with Crippen molar-refractivity contribution >= 4 is 29.3 Å². The first-order valence-corrected chi connectivity index (χ1v) is 14.5. The number of piperidine rings is 1. The van der Waals surface area contributed by atoms with Crippen LogP contribution < -0.4 is 20.5 Å². The van der Waals surface area contributed by atoms with Crippen LogP contribution in [0.4, 0.5) is 20.6 Å². The van der Waals surface area contributed by atoms with Gasteiger partial charge in [-0.1, -0.05) is 30.3 Å². The molecule has 2 aromatic carbocycles. The van der Waals surface area contributed by atoms with Crippen LogP contribution in [-0.2, 0) is 16.1 Å². The van der Waals surface area contributed by atoms with Gasteiger partial charge in [-0.25, -0.2) is 20.1 Å². The number of carbonyl (C=O) groups is 2. The van der Waals surface area contributed by atoms with Gasteiger partial charge in [0.2, 0.25) is 5.91 Å². The van der Waals surface area contributed by atoms with E-state index in [1.807, 2.05) is 16.4 Å². The molecule has 3 saturated heterocycles. The van der Waals surface area contributed by atoms with E-state index < -0.39 is 18.0 Å². The summed E-state index contributed by atoms with van der Waals surface area (Å²) in [5.41, 5.74) is 11.8. The number of piperazine rings is 1. The summed E-state index contributed by atoms with van der Waals surface area (Å²) in [6, 6.07) is 15.4. The number of quaternary nitrogens is 1. The van der Waals surface area contributed by atoms with Gasteiger partial charge in [0, 0.05) is 65.6 Å². The molecule has 5 rings (SSSR count). The molecule has 3 aliphatic heterocycles. The van der Waals surface area contributed by atoms with E-state index in [1.54, 1.807) is 12.1 Å². The first kappa shape index (κ1) is 29.4. The molecule has 0 saturated carbocycles. The summed E-state index contributed by atoms with van der Waals surface area (Å²) in [5.74, 6) is -0.154. The molecular weight excluding hydrogens is 541 g/mol. The average molecular weight is 581 g/mol. The number of cyclic esters (lactones) is 1. The third kappa shape index (κ3) is 7.39. The molecule has 3 aliphatic rings. The van der Waals surface area contributed by atoms with Gasteiger partial charge < -0.3 is 19.9 Å². The lowest BCUT2D eigenvalue weighted by Crippen LogP contribution is -2.86. The fourth-order valence-corrected chi connectivity index (χ4v) is 5.61. The zero-order valence-corrected chi connectivity index (χ0v) is 23.9. The summed E-state index contributed by atoms with van der Waals surface area (Å²) in [5, 5.41) is 10.9. The zero-order valence-electron chi connectivity index (χ0n) is 23.9. The van der Waals surface area contributed by atoms with Crippen LogP contribution in [0.1, 0.15) is 25.3 Å². The number of nitrogens with zero attached hydrogens (tertiary/aromatic N) is 6. The van der Waals surface area contributed by atoms with Gasteiger partial charge in [-0.15, -0.1) is 5.11 Å². The minimum Gasteiger partial charge on any atom is -0.442 e. The predicted octanol–water partition coefficient (Wildman–Crippen LogP) is 1.94. The molecule has 4 N–H and O–H groups in total. The van der Waals surface area contributed by atoms with E-state index in [0.29, 0.717) is 30.4 Å². The summed E-state index contributed by atoms with van der Waals surface area (Å²) in [6.45, 7) is 7.46. The molecule has 0 bridgehead atoms. The Morgan fingerprint density at radius 1 is 1.10 bits per heavy atom. The average Bonchev–Trinajstić information content (AvgIpc) is 3.38. The van der Waals surface area contributed by atoms with Gasteiger partial charge in [0.1, 0.15) is 18.0 Å². The number of halogens is 1. The van der Waals surface area contributed by atoms with Crippen LogP contribution in [0.2, 0.25) is 0 Å². The molecule has 224 valence electrons. The maximum atomic E-state index is 15.2. The second-order valence-electron chi connectivity index (χ2n) is 11.0. The summed E-state index contributed by atoms with van der Waals surface area (Å²) >= 11 is 0. The van der Waals surface area contributed by atoms with Crippen LogP contribution in [0.3, 0.4) is 0 Å². The highest BCUT2D eigenvalue weighted by molar-refractivity contribution is 5.90. The van der Waals surface area contributed by atoms with Crippen molar-refractivity contribution in [2.75, 3.05) is 62.2 Å². The Morgan fingerprint density at radius 2 is 1.83 bits per heavy atom. The number of carbonyl (C=O) groups excluding carboxylic acids is 2. The van der Waals surface area contributed by atoms with Gasteiger partial charge in [0.15, 0.2) is 0 Å². The van der Waals surface area contributed by atoms with Gasteiger partial charge in [0.25, 0.3) is 5.96 Å². The first-order valence-electron chi connectivity index (χ1n) is 14.5. The molecule has 12 nitrogen and oxygen atoms in total. The predicted molar refractivity (Wildman–Crippen MR) is 156 cm³/mol. The number of rotatable bonds is 8. The van der Waals surface area contributed by atoms with E-state index in [4.69, 9.17) is 10.3 Å². The van der Waals surface area contributed by atoms with Crippen LogP contribution in [0.25, 0.3) is 0 Å². The number of hydrogen-bond acceptors (Lipinski definition) is 7. The second-order valence-corrected chi connectivity index (χ2v) is 11.0. The minimum atomic E-state index is -0.553. The molecule has 0 radical (unpaired) electrons. The van der Waals surface area contributed by atoms with Crippen LogP contribution in [0, 0.1) is 11.3 Å². The minimum absolute atomic E-state index is 0.201. The Morgan fingerprint density at radius 3 is 2.50 bits per heavy atom. The number of nitrogens with one attached hydrogen (secondary N) is 2. The summed E-state index contributed by atoms with van der Waals surface area (Å²) in [7, 11) is 0. The number of nitrogens with two attached hydrogens (primary N) is 1. The summed E-state index contributed by atoms with van der Waals surface area (Å²) in [6.07, 6.45) is 0.589. The van der Waals surface area contributed by atoms with Crippen LogP contribution >= 0.6 is 0 Å². The van der Waals surface area contributed by atoms with Gasteiger partial charge in [-0.2, -0.15) is 0 Å². The fraction of sp³-hybridized carbons (Fsp3) is 0.483. The Hall–Kier alpha value is -4.10. The Labute approximate surface area is 245 Å². The van der Waals surface area contributed by atoms with Crippen LogP contribution in [0.5, 0.6) is 0 Å². The molecule has 0 unspecified atom stereocenters. The lowest BCUT2D eigenvalue weighted by Gasteiger charge is -2.34. The number of guanidine groups is 1. The molecule has 3 fully saturated rings. The Balaban J connectivity index is 1.08. The fourth-order valence-electron chi connectivity index (χ4n) is 5.61. The molecule has 2 aromatic rings. The maximum absolute atomic E-state index is 15.2. The first-order chi connectivity index (χ1) is 20.4. The van der Waals surface area contributed by atoms with Crippen molar-refractivity contribution in [2.24, 2.45) is 10.2 Å². The highest BCUT2D eigenvalue weighted by Crippen LogP contribution is 2.29. The standard InChI is InChI=1S/C29H38FN9O3/c1-21(40)32-18-25-20-39(29(41)42-25)24-7-8-27(26(30)17-24)37-11-9-23(10-12-37)34-35-28(33-31)38-15-13-36(14-16-38)19-22-5-3-2-4-6-22/h2-8,17,23,25,31,34H,9-16,18-20H2,1H3,(H,32,40)/p+1/b33-31?,35-28+/t25-/m0/s1. The SMILES string of the molecule is CC(=O)NC[C@H]1CN(c2ccc(N3CCC([NH2+]/N=C(\N=N)N4CCN(Cc5ccccc5)CC4)CC3)c(F)c2)C(=O)O1. The molecular formula is C29H39FN9O3+. The van der Waals surface area contributed by atoms with Gasteiger partial charge in [0.05, 0.1) is 24.5 Å².